The zero-order chi connectivity index (χ0) is 6.97. The third-order valence-corrected chi connectivity index (χ3v) is 2.81. The number of amidine groups is 1. The predicted molar refractivity (Wildman–Crippen MR) is 45.4 cm³/mol. The molecule has 0 unspecified atom stereocenters. The molecule has 2 nitrogen and oxygen atoms in total. The molecule has 0 atom stereocenters. The second-order valence-electron chi connectivity index (χ2n) is 2.18. The third kappa shape index (κ3) is 0.847. The summed E-state index contributed by atoms with van der Waals surface area (Å²) in [6, 6.07) is 0. The summed E-state index contributed by atoms with van der Waals surface area (Å²) in [4.78, 5) is 6.47. The van der Waals surface area contributed by atoms with Gasteiger partial charge >= 0.3 is 0 Å². The molecule has 2 aliphatic rings. The first-order valence-electron chi connectivity index (χ1n) is 3.15. The molecule has 0 saturated heterocycles. The first kappa shape index (κ1) is 6.55. The highest BCUT2D eigenvalue weighted by Gasteiger charge is 2.24. The van der Waals surface area contributed by atoms with E-state index in [-0.39, 0.29) is 0 Å². The summed E-state index contributed by atoms with van der Waals surface area (Å²) < 4.78 is 0. The molecule has 10 heavy (non-hydrogen) atoms. The van der Waals surface area contributed by atoms with Gasteiger partial charge in [-0.15, -0.1) is 11.6 Å². The van der Waals surface area contributed by atoms with Crippen LogP contribution in [0.1, 0.15) is 0 Å². The number of aliphatic imine (C=N–C) groups is 1. The van der Waals surface area contributed by atoms with Crippen LogP contribution in [-0.4, -0.2) is 29.0 Å². The average molecular weight is 175 g/mol. The Morgan fingerprint density at radius 3 is 3.50 bits per heavy atom. The van der Waals surface area contributed by atoms with Crippen molar-refractivity contribution in [2.45, 2.75) is 0 Å². The van der Waals surface area contributed by atoms with Crippen LogP contribution in [-0.2, 0) is 0 Å². The van der Waals surface area contributed by atoms with Crippen LogP contribution in [0.4, 0.5) is 0 Å². The van der Waals surface area contributed by atoms with E-state index in [0.29, 0.717) is 5.88 Å². The molecule has 4 heteroatoms. The SMILES string of the molecule is ClCC1=CSC2=NCCN12. The molecule has 0 aromatic rings. The number of hydrogen-bond donors (Lipinski definition) is 0. The van der Waals surface area contributed by atoms with Crippen molar-refractivity contribution in [2.75, 3.05) is 19.0 Å². The molecule has 0 aliphatic carbocycles. The van der Waals surface area contributed by atoms with Gasteiger partial charge in [0.2, 0.25) is 0 Å². The van der Waals surface area contributed by atoms with Crippen LogP contribution < -0.4 is 0 Å². The van der Waals surface area contributed by atoms with Gasteiger partial charge < -0.3 is 4.90 Å². The minimum absolute atomic E-state index is 0.603. The minimum Gasteiger partial charge on any atom is -0.321 e. The number of allylic oxidation sites excluding steroid dienone is 1. The molecule has 2 heterocycles. The molecule has 2 aliphatic heterocycles. The van der Waals surface area contributed by atoms with Crippen molar-refractivity contribution in [1.82, 2.24) is 4.90 Å². The van der Waals surface area contributed by atoms with E-state index in [1.807, 2.05) is 0 Å². The lowest BCUT2D eigenvalue weighted by atomic mass is 10.5. The Kier molecular flexibility index (Phi) is 1.62. The molecule has 0 fully saturated rings. The third-order valence-electron chi connectivity index (χ3n) is 1.59. The number of hydrogen-bond acceptors (Lipinski definition) is 3. The number of rotatable bonds is 1. The van der Waals surface area contributed by atoms with Crippen LogP contribution in [0.25, 0.3) is 0 Å². The van der Waals surface area contributed by atoms with Crippen LogP contribution in [0.15, 0.2) is 16.1 Å². The number of nitrogens with zero attached hydrogens (tertiary/aromatic N) is 2. The van der Waals surface area contributed by atoms with Crippen molar-refractivity contribution in [3.05, 3.63) is 11.1 Å². The quantitative estimate of drug-likeness (QED) is 0.560. The van der Waals surface area contributed by atoms with Crippen molar-refractivity contribution >= 4 is 28.5 Å². The van der Waals surface area contributed by atoms with Gasteiger partial charge in [-0.2, -0.15) is 0 Å². The highest BCUT2D eigenvalue weighted by molar-refractivity contribution is 8.16. The Hall–Kier alpha value is -0.150. The van der Waals surface area contributed by atoms with Gasteiger partial charge in [0, 0.05) is 12.2 Å². The minimum atomic E-state index is 0.603. The summed E-state index contributed by atoms with van der Waals surface area (Å²) in [5, 5.41) is 3.20. The lowest BCUT2D eigenvalue weighted by molar-refractivity contribution is 0.578. The van der Waals surface area contributed by atoms with E-state index in [1.54, 1.807) is 11.8 Å². The lowest BCUT2D eigenvalue weighted by Gasteiger charge is -2.13. The molecular weight excluding hydrogens is 168 g/mol. The van der Waals surface area contributed by atoms with Crippen molar-refractivity contribution in [3.8, 4) is 0 Å². The van der Waals surface area contributed by atoms with Crippen LogP contribution >= 0.6 is 23.4 Å². The Labute approximate surface area is 68.9 Å². The van der Waals surface area contributed by atoms with Crippen molar-refractivity contribution in [3.63, 3.8) is 0 Å². The maximum atomic E-state index is 5.70. The Bertz CT molecular complexity index is 212. The van der Waals surface area contributed by atoms with Crippen molar-refractivity contribution in [1.29, 1.82) is 0 Å². The fourth-order valence-corrected chi connectivity index (χ4v) is 2.35. The van der Waals surface area contributed by atoms with Gasteiger partial charge in [0.15, 0.2) is 5.17 Å². The number of halogens is 1. The first-order valence-corrected chi connectivity index (χ1v) is 4.57. The van der Waals surface area contributed by atoms with Crippen LogP contribution in [0.3, 0.4) is 0 Å². The largest absolute Gasteiger partial charge is 0.321 e. The molecule has 0 spiro atoms. The summed E-state index contributed by atoms with van der Waals surface area (Å²) in [6.45, 7) is 1.94. The molecule has 0 aromatic heterocycles. The highest BCUT2D eigenvalue weighted by Crippen LogP contribution is 2.29. The van der Waals surface area contributed by atoms with Gasteiger partial charge in [0.05, 0.1) is 12.4 Å². The summed E-state index contributed by atoms with van der Waals surface area (Å²) in [6.07, 6.45) is 0. The smallest absolute Gasteiger partial charge is 0.168 e. The second-order valence-corrected chi connectivity index (χ2v) is 3.28. The van der Waals surface area contributed by atoms with E-state index in [2.05, 4.69) is 15.3 Å². The van der Waals surface area contributed by atoms with Gasteiger partial charge in [0.25, 0.3) is 0 Å². The van der Waals surface area contributed by atoms with E-state index in [0.717, 1.165) is 18.3 Å². The first-order chi connectivity index (χ1) is 4.92. The molecule has 0 saturated carbocycles. The van der Waals surface area contributed by atoms with Crippen LogP contribution in [0, 0.1) is 0 Å². The van der Waals surface area contributed by atoms with E-state index in [9.17, 15) is 0 Å². The van der Waals surface area contributed by atoms with E-state index >= 15 is 0 Å². The zero-order valence-corrected chi connectivity index (χ0v) is 6.95. The van der Waals surface area contributed by atoms with Crippen LogP contribution in [0.2, 0.25) is 0 Å². The maximum Gasteiger partial charge on any atom is 0.168 e. The Morgan fingerprint density at radius 2 is 2.70 bits per heavy atom. The fourth-order valence-electron chi connectivity index (χ4n) is 1.08. The maximum absolute atomic E-state index is 5.70. The topological polar surface area (TPSA) is 15.6 Å². The summed E-state index contributed by atoms with van der Waals surface area (Å²) in [5.74, 6) is 0.603. The van der Waals surface area contributed by atoms with E-state index in [4.69, 9.17) is 11.6 Å². The molecular formula is C6H7ClN2S. The zero-order valence-electron chi connectivity index (χ0n) is 5.38. The van der Waals surface area contributed by atoms with E-state index < -0.39 is 0 Å². The molecule has 0 radical (unpaired) electrons. The van der Waals surface area contributed by atoms with E-state index in [1.165, 1.54) is 5.70 Å². The lowest BCUT2D eigenvalue weighted by Crippen LogP contribution is -2.21. The van der Waals surface area contributed by atoms with Gasteiger partial charge in [-0.1, -0.05) is 11.8 Å². The van der Waals surface area contributed by atoms with Crippen LogP contribution in [0.5, 0.6) is 0 Å². The standard InChI is InChI=1S/C6H7ClN2S/c7-3-5-4-10-6-8-1-2-9(5)6/h4H,1-3H2. The number of alkyl halides is 1. The van der Waals surface area contributed by atoms with Crippen molar-refractivity contribution < 1.29 is 0 Å². The highest BCUT2D eigenvalue weighted by atomic mass is 35.5. The Balaban J connectivity index is 2.20. The summed E-state index contributed by atoms with van der Waals surface area (Å²) in [5.41, 5.74) is 1.20. The Morgan fingerprint density at radius 1 is 1.80 bits per heavy atom. The average Bonchev–Trinajstić information content (AvgIpc) is 2.44. The summed E-state index contributed by atoms with van der Waals surface area (Å²) in [7, 11) is 0. The van der Waals surface area contributed by atoms with Gasteiger partial charge in [-0.05, 0) is 5.41 Å². The van der Waals surface area contributed by atoms with Crippen molar-refractivity contribution in [2.24, 2.45) is 4.99 Å². The molecule has 0 N–H and O–H groups in total. The molecule has 0 aromatic carbocycles. The summed E-state index contributed by atoms with van der Waals surface area (Å²) >= 11 is 7.37. The number of thioether (sulfide) groups is 1. The fraction of sp³-hybridized carbons (Fsp3) is 0.500. The van der Waals surface area contributed by atoms with Gasteiger partial charge in [-0.3, -0.25) is 4.99 Å². The molecule has 0 bridgehead atoms. The molecule has 54 valence electrons. The molecule has 2 rings (SSSR count). The second kappa shape index (κ2) is 2.47. The van der Waals surface area contributed by atoms with Gasteiger partial charge in [-0.25, -0.2) is 0 Å². The normalized spacial score (nSPS) is 22.7. The molecule has 0 amide bonds. The predicted octanol–water partition coefficient (Wildman–Crippen LogP) is 1.48. The number of fused-ring (bicyclic) bond motifs is 1. The van der Waals surface area contributed by atoms with Gasteiger partial charge in [0.1, 0.15) is 0 Å². The monoisotopic (exact) mass is 174 g/mol.